The Morgan fingerprint density at radius 1 is 1.38 bits per heavy atom. The van der Waals surface area contributed by atoms with Gasteiger partial charge in [-0.15, -0.1) is 0 Å². The molecule has 0 fully saturated rings. The van der Waals surface area contributed by atoms with Crippen molar-refractivity contribution in [2.45, 2.75) is 19.5 Å². The van der Waals surface area contributed by atoms with Gasteiger partial charge < -0.3 is 9.84 Å². The summed E-state index contributed by atoms with van der Waals surface area (Å²) in [5, 5.41) is 5.74. The van der Waals surface area contributed by atoms with Gasteiger partial charge in [0.25, 0.3) is 0 Å². The van der Waals surface area contributed by atoms with E-state index in [2.05, 4.69) is 10.5 Å². The average molecular weight is 319 g/mol. The number of carbonyl (C=O) groups is 1. The SMILES string of the molecule is Cc1cc(CC(=O)Nc2ccc(Cl)cc2C(F)(F)F)no1. The lowest BCUT2D eigenvalue weighted by molar-refractivity contribution is -0.137. The standard InChI is InChI=1S/C13H10ClF3N2O2/c1-7-4-9(19-21-7)6-12(20)18-11-3-2-8(14)5-10(11)13(15,16)17/h2-5H,6H2,1H3,(H,18,20). The second-order valence-electron chi connectivity index (χ2n) is 4.34. The highest BCUT2D eigenvalue weighted by molar-refractivity contribution is 6.30. The van der Waals surface area contributed by atoms with Gasteiger partial charge in [-0.3, -0.25) is 4.79 Å². The predicted molar refractivity (Wildman–Crippen MR) is 70.0 cm³/mol. The number of hydrogen-bond donors (Lipinski definition) is 1. The Hall–Kier alpha value is -2.02. The molecule has 1 aromatic heterocycles. The van der Waals surface area contributed by atoms with Crippen LogP contribution in [-0.4, -0.2) is 11.1 Å². The molecule has 8 heteroatoms. The van der Waals surface area contributed by atoms with E-state index in [0.29, 0.717) is 11.5 Å². The molecule has 0 aliphatic rings. The molecule has 0 atom stereocenters. The van der Waals surface area contributed by atoms with E-state index in [0.717, 1.165) is 12.1 Å². The van der Waals surface area contributed by atoms with Gasteiger partial charge in [-0.2, -0.15) is 13.2 Å². The van der Waals surface area contributed by atoms with E-state index in [1.165, 1.54) is 12.1 Å². The molecule has 0 unspecified atom stereocenters. The third kappa shape index (κ3) is 3.98. The van der Waals surface area contributed by atoms with Gasteiger partial charge >= 0.3 is 6.18 Å². The van der Waals surface area contributed by atoms with E-state index in [1.54, 1.807) is 6.92 Å². The number of hydrogen-bond acceptors (Lipinski definition) is 3. The molecule has 0 aliphatic heterocycles. The Bertz CT molecular complexity index is 668. The minimum Gasteiger partial charge on any atom is -0.361 e. The van der Waals surface area contributed by atoms with E-state index in [4.69, 9.17) is 16.1 Å². The summed E-state index contributed by atoms with van der Waals surface area (Å²) in [5.41, 5.74) is -1.01. The van der Waals surface area contributed by atoms with E-state index in [1.807, 2.05) is 0 Å². The minimum absolute atomic E-state index is 0.0625. The largest absolute Gasteiger partial charge is 0.418 e. The van der Waals surface area contributed by atoms with Crippen LogP contribution in [0.15, 0.2) is 28.8 Å². The van der Waals surface area contributed by atoms with Crippen molar-refractivity contribution in [3.05, 3.63) is 46.3 Å². The van der Waals surface area contributed by atoms with Gasteiger partial charge in [0.15, 0.2) is 0 Å². The van der Waals surface area contributed by atoms with Crippen molar-refractivity contribution in [1.82, 2.24) is 5.16 Å². The summed E-state index contributed by atoms with van der Waals surface area (Å²) >= 11 is 5.56. The smallest absolute Gasteiger partial charge is 0.361 e. The molecule has 0 spiro atoms. The van der Waals surface area contributed by atoms with Crippen molar-refractivity contribution in [1.29, 1.82) is 0 Å². The molecule has 112 valence electrons. The number of carbonyl (C=O) groups excluding carboxylic acids is 1. The first-order valence-electron chi connectivity index (χ1n) is 5.84. The lowest BCUT2D eigenvalue weighted by Gasteiger charge is -2.13. The fourth-order valence-electron chi connectivity index (χ4n) is 1.72. The van der Waals surface area contributed by atoms with Crippen LogP contribution in [0.3, 0.4) is 0 Å². The molecule has 0 bridgehead atoms. The minimum atomic E-state index is -4.61. The van der Waals surface area contributed by atoms with Crippen molar-refractivity contribution in [3.63, 3.8) is 0 Å². The molecular formula is C13H10ClF3N2O2. The van der Waals surface area contributed by atoms with Gasteiger partial charge in [0, 0.05) is 11.1 Å². The Labute approximate surface area is 122 Å². The highest BCUT2D eigenvalue weighted by Crippen LogP contribution is 2.36. The second kappa shape index (κ2) is 5.77. The molecule has 0 saturated carbocycles. The molecule has 21 heavy (non-hydrogen) atoms. The Morgan fingerprint density at radius 2 is 2.10 bits per heavy atom. The normalized spacial score (nSPS) is 11.5. The quantitative estimate of drug-likeness (QED) is 0.935. The molecule has 4 nitrogen and oxygen atoms in total. The summed E-state index contributed by atoms with van der Waals surface area (Å²) in [5.74, 6) is -0.114. The van der Waals surface area contributed by atoms with Crippen molar-refractivity contribution in [2.75, 3.05) is 5.32 Å². The zero-order valence-electron chi connectivity index (χ0n) is 10.8. The van der Waals surface area contributed by atoms with E-state index in [-0.39, 0.29) is 17.1 Å². The maximum Gasteiger partial charge on any atom is 0.418 e. The summed E-state index contributed by atoms with van der Waals surface area (Å²) in [6.07, 6.45) is -4.80. The summed E-state index contributed by atoms with van der Waals surface area (Å²) in [4.78, 5) is 11.8. The number of nitrogens with one attached hydrogen (secondary N) is 1. The van der Waals surface area contributed by atoms with Crippen molar-refractivity contribution in [2.24, 2.45) is 0 Å². The Kier molecular flexibility index (Phi) is 4.22. The van der Waals surface area contributed by atoms with Gasteiger partial charge in [-0.05, 0) is 25.1 Å². The number of anilines is 1. The van der Waals surface area contributed by atoms with Crippen LogP contribution < -0.4 is 5.32 Å². The number of alkyl halides is 3. The maximum atomic E-state index is 12.9. The average Bonchev–Trinajstić information content (AvgIpc) is 2.75. The maximum absolute atomic E-state index is 12.9. The van der Waals surface area contributed by atoms with Gasteiger partial charge in [-0.25, -0.2) is 0 Å². The first-order valence-corrected chi connectivity index (χ1v) is 6.22. The van der Waals surface area contributed by atoms with E-state index in [9.17, 15) is 18.0 Å². The van der Waals surface area contributed by atoms with Crippen LogP contribution in [0.4, 0.5) is 18.9 Å². The van der Waals surface area contributed by atoms with Gasteiger partial charge in [0.2, 0.25) is 5.91 Å². The number of aryl methyl sites for hydroxylation is 1. The number of aromatic nitrogens is 1. The number of benzene rings is 1. The monoisotopic (exact) mass is 318 g/mol. The van der Waals surface area contributed by atoms with Crippen LogP contribution in [0, 0.1) is 6.92 Å². The molecule has 0 aliphatic carbocycles. The highest BCUT2D eigenvalue weighted by atomic mass is 35.5. The third-order valence-corrected chi connectivity index (χ3v) is 2.81. The topological polar surface area (TPSA) is 55.1 Å². The van der Waals surface area contributed by atoms with Crippen LogP contribution in [0.5, 0.6) is 0 Å². The summed E-state index contributed by atoms with van der Waals surface area (Å²) in [6, 6.07) is 4.67. The molecule has 0 saturated heterocycles. The second-order valence-corrected chi connectivity index (χ2v) is 4.78. The van der Waals surface area contributed by atoms with Crippen molar-refractivity contribution >= 4 is 23.2 Å². The number of rotatable bonds is 3. The van der Waals surface area contributed by atoms with Crippen LogP contribution in [0.2, 0.25) is 5.02 Å². The lowest BCUT2D eigenvalue weighted by Crippen LogP contribution is -2.18. The van der Waals surface area contributed by atoms with Crippen LogP contribution in [0.1, 0.15) is 17.0 Å². The molecule has 1 heterocycles. The fourth-order valence-corrected chi connectivity index (χ4v) is 1.89. The number of halogens is 4. The molecular weight excluding hydrogens is 309 g/mol. The molecule has 2 rings (SSSR count). The molecule has 1 amide bonds. The molecule has 1 N–H and O–H groups in total. The third-order valence-electron chi connectivity index (χ3n) is 2.58. The van der Waals surface area contributed by atoms with Crippen LogP contribution >= 0.6 is 11.6 Å². The first kappa shape index (κ1) is 15.4. The van der Waals surface area contributed by atoms with Gasteiger partial charge in [0.1, 0.15) is 5.76 Å². The number of amides is 1. The summed E-state index contributed by atoms with van der Waals surface area (Å²) in [7, 11) is 0. The van der Waals surface area contributed by atoms with Crippen molar-refractivity contribution in [3.8, 4) is 0 Å². The zero-order valence-corrected chi connectivity index (χ0v) is 11.5. The Morgan fingerprint density at radius 3 is 2.67 bits per heavy atom. The van der Waals surface area contributed by atoms with Gasteiger partial charge in [0.05, 0.1) is 23.4 Å². The van der Waals surface area contributed by atoms with E-state index >= 15 is 0 Å². The fraction of sp³-hybridized carbons (Fsp3) is 0.231. The Balaban J connectivity index is 2.17. The number of nitrogens with zero attached hydrogens (tertiary/aromatic N) is 1. The lowest BCUT2D eigenvalue weighted by atomic mass is 10.1. The summed E-state index contributed by atoms with van der Waals surface area (Å²) < 4.78 is 43.4. The zero-order chi connectivity index (χ0) is 15.6. The van der Waals surface area contributed by atoms with E-state index < -0.39 is 17.6 Å². The van der Waals surface area contributed by atoms with Gasteiger partial charge in [-0.1, -0.05) is 16.8 Å². The first-order chi connectivity index (χ1) is 9.75. The van der Waals surface area contributed by atoms with Crippen LogP contribution in [0.25, 0.3) is 0 Å². The highest BCUT2D eigenvalue weighted by Gasteiger charge is 2.34. The van der Waals surface area contributed by atoms with Crippen molar-refractivity contribution < 1.29 is 22.5 Å². The summed E-state index contributed by atoms with van der Waals surface area (Å²) in [6.45, 7) is 1.65. The molecule has 2 aromatic rings. The molecule has 0 radical (unpaired) electrons. The van der Waals surface area contributed by atoms with Crippen LogP contribution in [-0.2, 0) is 17.4 Å². The predicted octanol–water partition coefficient (Wildman–Crippen LogP) is 3.84. The molecule has 1 aromatic carbocycles.